The van der Waals surface area contributed by atoms with Crippen molar-refractivity contribution in [3.05, 3.63) is 52.0 Å². The highest BCUT2D eigenvalue weighted by Crippen LogP contribution is 2.32. The van der Waals surface area contributed by atoms with E-state index in [1.165, 1.54) is 25.1 Å². The SMILES string of the molecule is CCC(C)N(Cc1ccc(N(CC)CC)cc1OS(=O)(=O)c1ccc(Cl)c(Cl)c1)C(C)=O. The molecule has 0 saturated carbocycles. The second-order valence-corrected chi connectivity index (χ2v) is 9.84. The summed E-state index contributed by atoms with van der Waals surface area (Å²) in [5, 5.41) is 0.369. The van der Waals surface area contributed by atoms with Gasteiger partial charge in [0.1, 0.15) is 10.6 Å². The molecule has 176 valence electrons. The summed E-state index contributed by atoms with van der Waals surface area (Å²) in [5.41, 5.74) is 1.43. The van der Waals surface area contributed by atoms with Crippen molar-refractivity contribution in [3.63, 3.8) is 0 Å². The smallest absolute Gasteiger partial charge is 0.339 e. The van der Waals surface area contributed by atoms with Crippen LogP contribution in [0.5, 0.6) is 5.75 Å². The van der Waals surface area contributed by atoms with E-state index >= 15 is 0 Å². The Hall–Kier alpha value is -1.96. The maximum atomic E-state index is 13.0. The average Bonchev–Trinajstić information content (AvgIpc) is 2.74. The highest BCUT2D eigenvalue weighted by Gasteiger charge is 2.23. The molecule has 0 N–H and O–H groups in total. The normalized spacial score (nSPS) is 12.3. The second kappa shape index (κ2) is 11.3. The lowest BCUT2D eigenvalue weighted by atomic mass is 10.1. The third-order valence-electron chi connectivity index (χ3n) is 5.43. The molecule has 0 aliphatic rings. The molecule has 0 heterocycles. The van der Waals surface area contributed by atoms with Gasteiger partial charge < -0.3 is 14.0 Å². The van der Waals surface area contributed by atoms with E-state index in [-0.39, 0.29) is 39.2 Å². The van der Waals surface area contributed by atoms with Crippen molar-refractivity contribution < 1.29 is 17.4 Å². The van der Waals surface area contributed by atoms with Crippen LogP contribution >= 0.6 is 23.2 Å². The maximum absolute atomic E-state index is 13.0. The predicted molar refractivity (Wildman–Crippen MR) is 130 cm³/mol. The van der Waals surface area contributed by atoms with Crippen molar-refractivity contribution in [1.82, 2.24) is 4.90 Å². The van der Waals surface area contributed by atoms with Crippen LogP contribution in [0.2, 0.25) is 10.0 Å². The maximum Gasteiger partial charge on any atom is 0.339 e. The van der Waals surface area contributed by atoms with E-state index in [1.807, 2.05) is 39.8 Å². The Labute approximate surface area is 201 Å². The number of rotatable bonds is 10. The molecule has 0 fully saturated rings. The van der Waals surface area contributed by atoms with Crippen molar-refractivity contribution in [2.24, 2.45) is 0 Å². The first-order valence-corrected chi connectivity index (χ1v) is 12.7. The highest BCUT2D eigenvalue weighted by molar-refractivity contribution is 7.87. The molecule has 6 nitrogen and oxygen atoms in total. The van der Waals surface area contributed by atoms with Gasteiger partial charge in [0.2, 0.25) is 5.91 Å². The fourth-order valence-electron chi connectivity index (χ4n) is 3.32. The molecule has 2 aromatic carbocycles. The van der Waals surface area contributed by atoms with Crippen LogP contribution in [-0.2, 0) is 21.5 Å². The summed E-state index contributed by atoms with van der Waals surface area (Å²) in [6.45, 7) is 11.2. The zero-order chi connectivity index (χ0) is 24.1. The predicted octanol–water partition coefficient (Wildman–Crippen LogP) is 5.75. The number of carbonyl (C=O) groups excluding carboxylic acids is 1. The molecule has 32 heavy (non-hydrogen) atoms. The first kappa shape index (κ1) is 26.3. The lowest BCUT2D eigenvalue weighted by Crippen LogP contribution is -2.36. The van der Waals surface area contributed by atoms with Gasteiger partial charge in [-0.05, 0) is 51.5 Å². The molecule has 0 spiro atoms. The summed E-state index contributed by atoms with van der Waals surface area (Å²) in [5.74, 6) is 0.0838. The topological polar surface area (TPSA) is 66.9 Å². The van der Waals surface area contributed by atoms with Gasteiger partial charge in [-0.3, -0.25) is 4.79 Å². The Morgan fingerprint density at radius 1 is 1.03 bits per heavy atom. The summed E-state index contributed by atoms with van der Waals surface area (Å²) in [7, 11) is -4.18. The van der Waals surface area contributed by atoms with Crippen LogP contribution < -0.4 is 9.08 Å². The van der Waals surface area contributed by atoms with Gasteiger partial charge in [-0.15, -0.1) is 0 Å². The molecule has 1 amide bonds. The lowest BCUT2D eigenvalue weighted by Gasteiger charge is -2.29. The highest BCUT2D eigenvalue weighted by atomic mass is 35.5. The summed E-state index contributed by atoms with van der Waals surface area (Å²) in [6, 6.07) is 9.43. The Bertz CT molecular complexity index is 1060. The number of halogens is 2. The molecule has 0 aliphatic heterocycles. The largest absolute Gasteiger partial charge is 0.379 e. The lowest BCUT2D eigenvalue weighted by molar-refractivity contribution is -0.131. The van der Waals surface area contributed by atoms with Crippen LogP contribution in [0, 0.1) is 0 Å². The summed E-state index contributed by atoms with van der Waals surface area (Å²) >= 11 is 11.9. The van der Waals surface area contributed by atoms with Crippen molar-refractivity contribution in [1.29, 1.82) is 0 Å². The fraction of sp³-hybridized carbons (Fsp3) is 0.435. The van der Waals surface area contributed by atoms with E-state index in [9.17, 15) is 13.2 Å². The van der Waals surface area contributed by atoms with Gasteiger partial charge in [-0.2, -0.15) is 8.42 Å². The quantitative estimate of drug-likeness (QED) is 0.388. The molecule has 1 atom stereocenters. The molecular weight excluding hydrogens is 471 g/mol. The molecule has 0 radical (unpaired) electrons. The molecular formula is C23H30Cl2N2O4S. The van der Waals surface area contributed by atoms with E-state index < -0.39 is 10.1 Å². The van der Waals surface area contributed by atoms with Crippen molar-refractivity contribution in [2.45, 2.75) is 58.5 Å². The number of nitrogens with zero attached hydrogens (tertiary/aromatic N) is 2. The average molecular weight is 501 g/mol. The number of amides is 1. The van der Waals surface area contributed by atoms with E-state index in [1.54, 1.807) is 11.0 Å². The molecule has 0 bridgehead atoms. The van der Waals surface area contributed by atoms with Crippen molar-refractivity contribution in [3.8, 4) is 5.75 Å². The Kier molecular flexibility index (Phi) is 9.25. The minimum atomic E-state index is -4.18. The van der Waals surface area contributed by atoms with E-state index in [2.05, 4.69) is 4.90 Å². The Morgan fingerprint density at radius 3 is 2.22 bits per heavy atom. The first-order chi connectivity index (χ1) is 15.0. The van der Waals surface area contributed by atoms with Crippen LogP contribution in [0.1, 0.15) is 46.6 Å². The van der Waals surface area contributed by atoms with Gasteiger partial charge in [-0.25, -0.2) is 0 Å². The van der Waals surface area contributed by atoms with Crippen LogP contribution in [0.25, 0.3) is 0 Å². The molecule has 2 rings (SSSR count). The summed E-state index contributed by atoms with van der Waals surface area (Å²) < 4.78 is 31.7. The standard InChI is InChI=1S/C23H30Cl2N2O4S/c1-6-16(4)27(17(5)28)15-18-9-10-19(26(7-2)8-3)13-23(18)31-32(29,30)20-11-12-21(24)22(25)14-20/h9-14,16H,6-8,15H2,1-5H3. The van der Waals surface area contributed by atoms with Crippen molar-refractivity contribution in [2.75, 3.05) is 18.0 Å². The first-order valence-electron chi connectivity index (χ1n) is 10.6. The molecule has 2 aromatic rings. The van der Waals surface area contributed by atoms with Crippen molar-refractivity contribution >= 4 is 44.9 Å². The van der Waals surface area contributed by atoms with Gasteiger partial charge in [0.25, 0.3) is 0 Å². The zero-order valence-electron chi connectivity index (χ0n) is 19.1. The third kappa shape index (κ3) is 6.30. The van der Waals surface area contributed by atoms with Crippen LogP contribution in [0.4, 0.5) is 5.69 Å². The summed E-state index contributed by atoms with van der Waals surface area (Å²) in [4.78, 5) is 15.9. The van der Waals surface area contributed by atoms with Gasteiger partial charge in [-0.1, -0.05) is 36.2 Å². The molecule has 9 heteroatoms. The van der Waals surface area contributed by atoms with Gasteiger partial charge in [0, 0.05) is 49.9 Å². The third-order valence-corrected chi connectivity index (χ3v) is 7.40. The van der Waals surface area contributed by atoms with E-state index in [0.29, 0.717) is 5.56 Å². The zero-order valence-corrected chi connectivity index (χ0v) is 21.4. The van der Waals surface area contributed by atoms with E-state index in [4.69, 9.17) is 27.4 Å². The Morgan fingerprint density at radius 2 is 1.69 bits per heavy atom. The van der Waals surface area contributed by atoms with E-state index in [0.717, 1.165) is 25.2 Å². The van der Waals surface area contributed by atoms with Gasteiger partial charge in [0.05, 0.1) is 10.0 Å². The molecule has 0 aromatic heterocycles. The van der Waals surface area contributed by atoms with Gasteiger partial charge >= 0.3 is 10.1 Å². The fourth-order valence-corrected chi connectivity index (χ4v) is 4.66. The van der Waals surface area contributed by atoms with Gasteiger partial charge in [0.15, 0.2) is 0 Å². The molecule has 0 aliphatic carbocycles. The minimum absolute atomic E-state index is 0.00510. The number of hydrogen-bond acceptors (Lipinski definition) is 5. The summed E-state index contributed by atoms with van der Waals surface area (Å²) in [6.07, 6.45) is 0.773. The minimum Gasteiger partial charge on any atom is -0.379 e. The van der Waals surface area contributed by atoms with Crippen LogP contribution in [0.3, 0.4) is 0 Å². The van der Waals surface area contributed by atoms with Crippen LogP contribution in [-0.4, -0.2) is 38.4 Å². The van der Waals surface area contributed by atoms with Crippen LogP contribution in [0.15, 0.2) is 41.3 Å². The number of anilines is 1. The second-order valence-electron chi connectivity index (χ2n) is 7.48. The monoisotopic (exact) mass is 500 g/mol. The molecule has 0 saturated heterocycles. The number of carbonyl (C=O) groups is 1. The number of hydrogen-bond donors (Lipinski definition) is 0. The molecule has 1 unspecified atom stereocenters. The number of benzene rings is 2. The Balaban J connectivity index is 2.53.